The molecule has 15 heavy (non-hydrogen) atoms. The van der Waals surface area contributed by atoms with Gasteiger partial charge in [0.15, 0.2) is 0 Å². The van der Waals surface area contributed by atoms with Gasteiger partial charge in [-0.2, -0.15) is 13.5 Å². The van der Waals surface area contributed by atoms with Crippen LogP contribution < -0.4 is 5.32 Å². The standard InChI is InChI=1S/C10H13FN2.CH4.H2S/c11-10-4-9(6-13-7-10)3-8-1-2-12-5-8;;/h4,6-8,12H,1-3,5H2;1H4;1H2/t8-;;/m1../s1. The second-order valence-electron chi connectivity index (χ2n) is 3.57. The Hall–Kier alpha value is -0.610. The van der Waals surface area contributed by atoms with E-state index in [2.05, 4.69) is 10.3 Å². The monoisotopic (exact) mass is 230 g/mol. The summed E-state index contributed by atoms with van der Waals surface area (Å²) >= 11 is 0. The van der Waals surface area contributed by atoms with Gasteiger partial charge < -0.3 is 5.32 Å². The topological polar surface area (TPSA) is 24.9 Å². The van der Waals surface area contributed by atoms with Gasteiger partial charge in [0.25, 0.3) is 0 Å². The van der Waals surface area contributed by atoms with E-state index in [1.807, 2.05) is 0 Å². The third-order valence-electron chi connectivity index (χ3n) is 2.45. The van der Waals surface area contributed by atoms with Gasteiger partial charge in [-0.1, -0.05) is 7.43 Å². The Labute approximate surface area is 97.7 Å². The van der Waals surface area contributed by atoms with Crippen LogP contribution in [-0.4, -0.2) is 18.1 Å². The summed E-state index contributed by atoms with van der Waals surface area (Å²) in [4.78, 5) is 3.83. The van der Waals surface area contributed by atoms with Gasteiger partial charge in [0.05, 0.1) is 6.20 Å². The maximum Gasteiger partial charge on any atom is 0.141 e. The predicted molar refractivity (Wildman–Crippen MR) is 66.0 cm³/mol. The Morgan fingerprint density at radius 2 is 2.27 bits per heavy atom. The molecule has 0 amide bonds. The molecule has 1 aromatic heterocycles. The predicted octanol–water partition coefficient (Wildman–Crippen LogP) is 2.12. The average Bonchev–Trinajstić information content (AvgIpc) is 2.57. The average molecular weight is 230 g/mol. The van der Waals surface area contributed by atoms with E-state index in [1.54, 1.807) is 12.3 Å². The van der Waals surface area contributed by atoms with Crippen molar-refractivity contribution in [1.82, 2.24) is 10.3 Å². The normalized spacial score (nSPS) is 19.1. The molecule has 1 fully saturated rings. The van der Waals surface area contributed by atoms with Gasteiger partial charge in [-0.3, -0.25) is 4.98 Å². The second kappa shape index (κ2) is 6.80. The minimum absolute atomic E-state index is 0. The highest BCUT2D eigenvalue weighted by Gasteiger charge is 2.14. The second-order valence-corrected chi connectivity index (χ2v) is 3.57. The van der Waals surface area contributed by atoms with E-state index in [0.717, 1.165) is 25.1 Å². The molecule has 0 unspecified atom stereocenters. The summed E-state index contributed by atoms with van der Waals surface area (Å²) in [6.45, 7) is 2.14. The molecule has 2 heterocycles. The fourth-order valence-electron chi connectivity index (χ4n) is 1.79. The van der Waals surface area contributed by atoms with E-state index in [9.17, 15) is 4.39 Å². The number of hydrogen-bond acceptors (Lipinski definition) is 2. The molecule has 1 atom stereocenters. The molecule has 1 N–H and O–H groups in total. The minimum Gasteiger partial charge on any atom is -0.316 e. The minimum atomic E-state index is -0.233. The first kappa shape index (κ1) is 14.4. The lowest BCUT2D eigenvalue weighted by atomic mass is 10.0. The van der Waals surface area contributed by atoms with Crippen LogP contribution in [0.15, 0.2) is 18.5 Å². The Balaban J connectivity index is 0.000000980. The fraction of sp³-hybridized carbons (Fsp3) is 0.545. The number of hydrogen-bond donors (Lipinski definition) is 1. The van der Waals surface area contributed by atoms with Crippen LogP contribution >= 0.6 is 13.5 Å². The van der Waals surface area contributed by atoms with E-state index in [1.165, 1.54) is 12.6 Å². The van der Waals surface area contributed by atoms with Crippen LogP contribution in [0.2, 0.25) is 0 Å². The first-order valence-corrected chi connectivity index (χ1v) is 4.65. The first-order chi connectivity index (χ1) is 6.34. The van der Waals surface area contributed by atoms with Gasteiger partial charge in [-0.05, 0) is 43.5 Å². The molecule has 2 rings (SSSR count). The molecule has 0 radical (unpaired) electrons. The molecule has 2 nitrogen and oxygen atoms in total. The molecule has 1 saturated heterocycles. The number of nitrogens with one attached hydrogen (secondary N) is 1. The Bertz CT molecular complexity index is 288. The quantitative estimate of drug-likeness (QED) is 0.842. The number of aromatic nitrogens is 1. The summed E-state index contributed by atoms with van der Waals surface area (Å²) in [6.07, 6.45) is 5.13. The number of rotatable bonds is 2. The molecule has 0 bridgehead atoms. The lowest BCUT2D eigenvalue weighted by Crippen LogP contribution is -2.10. The molecule has 4 heteroatoms. The van der Waals surface area contributed by atoms with E-state index >= 15 is 0 Å². The molecule has 1 aliphatic rings. The Morgan fingerprint density at radius 3 is 2.87 bits per heavy atom. The van der Waals surface area contributed by atoms with E-state index < -0.39 is 0 Å². The molecule has 0 aliphatic carbocycles. The summed E-state index contributed by atoms with van der Waals surface area (Å²) in [5.41, 5.74) is 1.01. The van der Waals surface area contributed by atoms with Crippen molar-refractivity contribution in [3.05, 3.63) is 29.8 Å². The van der Waals surface area contributed by atoms with Crippen LogP contribution in [-0.2, 0) is 6.42 Å². The van der Waals surface area contributed by atoms with Gasteiger partial charge >= 0.3 is 0 Å². The lowest BCUT2D eigenvalue weighted by molar-refractivity contribution is 0.570. The zero-order valence-electron chi connectivity index (χ0n) is 7.96. The third-order valence-corrected chi connectivity index (χ3v) is 2.45. The van der Waals surface area contributed by atoms with E-state index in [4.69, 9.17) is 0 Å². The van der Waals surface area contributed by atoms with Crippen molar-refractivity contribution in [3.63, 3.8) is 0 Å². The number of nitrogens with zero attached hydrogens (tertiary/aromatic N) is 1. The van der Waals surface area contributed by atoms with Gasteiger partial charge in [-0.15, -0.1) is 0 Å². The fourth-order valence-corrected chi connectivity index (χ4v) is 1.79. The lowest BCUT2D eigenvalue weighted by Gasteiger charge is -2.06. The largest absolute Gasteiger partial charge is 0.316 e. The van der Waals surface area contributed by atoms with Gasteiger partial charge in [0.1, 0.15) is 5.82 Å². The maximum absolute atomic E-state index is 12.8. The van der Waals surface area contributed by atoms with Crippen molar-refractivity contribution in [1.29, 1.82) is 0 Å². The highest BCUT2D eigenvalue weighted by molar-refractivity contribution is 7.59. The van der Waals surface area contributed by atoms with Gasteiger partial charge in [0.2, 0.25) is 0 Å². The SMILES string of the molecule is C.Fc1cncc(C[C@H]2CCNC2)c1.S. The molecular weight excluding hydrogens is 211 g/mol. The molecule has 86 valence electrons. The maximum atomic E-state index is 12.8. The van der Waals surface area contributed by atoms with Crippen molar-refractivity contribution in [2.24, 2.45) is 5.92 Å². The van der Waals surface area contributed by atoms with Crippen molar-refractivity contribution in [2.45, 2.75) is 20.3 Å². The van der Waals surface area contributed by atoms with Gasteiger partial charge in [-0.25, -0.2) is 4.39 Å². The molecule has 1 aromatic rings. The van der Waals surface area contributed by atoms with Crippen LogP contribution in [0.5, 0.6) is 0 Å². The summed E-state index contributed by atoms with van der Waals surface area (Å²) < 4.78 is 12.8. The van der Waals surface area contributed by atoms with Crippen molar-refractivity contribution >= 4 is 13.5 Å². The van der Waals surface area contributed by atoms with E-state index in [-0.39, 0.29) is 26.7 Å². The van der Waals surface area contributed by atoms with Crippen LogP contribution in [0.3, 0.4) is 0 Å². The molecular formula is C11H19FN2S. The zero-order chi connectivity index (χ0) is 9.10. The molecule has 0 spiro atoms. The van der Waals surface area contributed by atoms with E-state index in [0.29, 0.717) is 5.92 Å². The molecule has 0 aromatic carbocycles. The van der Waals surface area contributed by atoms with Crippen LogP contribution in [0, 0.1) is 11.7 Å². The van der Waals surface area contributed by atoms with Crippen molar-refractivity contribution < 1.29 is 4.39 Å². The van der Waals surface area contributed by atoms with Crippen molar-refractivity contribution in [2.75, 3.05) is 13.1 Å². The van der Waals surface area contributed by atoms with Crippen LogP contribution in [0.4, 0.5) is 4.39 Å². The van der Waals surface area contributed by atoms with Crippen molar-refractivity contribution in [3.8, 4) is 0 Å². The highest BCUT2D eigenvalue weighted by atomic mass is 32.1. The van der Waals surface area contributed by atoms with Crippen LogP contribution in [0.1, 0.15) is 19.4 Å². The highest BCUT2D eigenvalue weighted by Crippen LogP contribution is 2.14. The smallest absolute Gasteiger partial charge is 0.141 e. The number of halogens is 1. The first-order valence-electron chi connectivity index (χ1n) is 4.65. The summed E-state index contributed by atoms with van der Waals surface area (Å²) in [6, 6.07) is 1.57. The summed E-state index contributed by atoms with van der Waals surface area (Å²) in [5, 5.41) is 3.29. The van der Waals surface area contributed by atoms with Crippen LogP contribution in [0.25, 0.3) is 0 Å². The molecule has 0 saturated carbocycles. The van der Waals surface area contributed by atoms with Gasteiger partial charge in [0, 0.05) is 6.20 Å². The Kier molecular flexibility index (Phi) is 6.52. The zero-order valence-corrected chi connectivity index (χ0v) is 8.96. The third kappa shape index (κ3) is 4.18. The summed E-state index contributed by atoms with van der Waals surface area (Å²) in [5.74, 6) is 0.423. The summed E-state index contributed by atoms with van der Waals surface area (Å²) in [7, 11) is 0. The number of pyridine rings is 1. The molecule has 1 aliphatic heterocycles. The Morgan fingerprint density at radius 1 is 1.47 bits per heavy atom.